The van der Waals surface area contributed by atoms with Crippen LogP contribution >= 0.6 is 0 Å². The average molecular weight is 751 g/mol. The van der Waals surface area contributed by atoms with Crippen molar-refractivity contribution in [2.24, 2.45) is 11.8 Å². The quantitative estimate of drug-likeness (QED) is 0.0352. The van der Waals surface area contributed by atoms with E-state index in [9.17, 15) is 14.4 Å². The largest absolute Gasteiger partial charge is 0.462 e. The molecule has 0 aliphatic carbocycles. The number of rotatable bonds is 41. The second-order valence-electron chi connectivity index (χ2n) is 16.8. The molecule has 0 aromatic heterocycles. The Morgan fingerprint density at radius 3 is 1.08 bits per heavy atom. The lowest BCUT2D eigenvalue weighted by Gasteiger charge is -2.18. The molecule has 0 aliphatic heterocycles. The lowest BCUT2D eigenvalue weighted by Crippen LogP contribution is -2.30. The van der Waals surface area contributed by atoms with Gasteiger partial charge in [0.25, 0.3) is 0 Å². The summed E-state index contributed by atoms with van der Waals surface area (Å²) in [4.78, 5) is 37.7. The molecule has 0 aromatic carbocycles. The predicted octanol–water partition coefficient (Wildman–Crippen LogP) is 14.6. The highest BCUT2D eigenvalue weighted by Crippen LogP contribution is 2.17. The van der Waals surface area contributed by atoms with Gasteiger partial charge in [-0.3, -0.25) is 14.4 Å². The minimum atomic E-state index is -0.761. The van der Waals surface area contributed by atoms with E-state index >= 15 is 0 Å². The van der Waals surface area contributed by atoms with E-state index in [0.717, 1.165) is 69.6 Å². The fourth-order valence-corrected chi connectivity index (χ4v) is 6.90. The predicted molar refractivity (Wildman–Crippen MR) is 224 cm³/mol. The van der Waals surface area contributed by atoms with Gasteiger partial charge < -0.3 is 14.2 Å². The van der Waals surface area contributed by atoms with Crippen LogP contribution in [0.5, 0.6) is 0 Å². The summed E-state index contributed by atoms with van der Waals surface area (Å²) in [5, 5.41) is 0. The minimum Gasteiger partial charge on any atom is -0.462 e. The van der Waals surface area contributed by atoms with Crippen LogP contribution in [0, 0.1) is 11.8 Å². The molecule has 53 heavy (non-hydrogen) atoms. The molecule has 0 saturated heterocycles. The molecule has 6 heteroatoms. The molecule has 0 heterocycles. The Balaban J connectivity index is 4.32. The molecule has 0 fully saturated rings. The van der Waals surface area contributed by atoms with E-state index in [-0.39, 0.29) is 31.1 Å². The second kappa shape index (κ2) is 40.1. The first-order valence-electron chi connectivity index (χ1n) is 23.3. The van der Waals surface area contributed by atoms with E-state index in [2.05, 4.69) is 34.6 Å². The molecule has 0 N–H and O–H groups in total. The SMILES string of the molecule is CCCCCCCCCCCCCCCCCC(=O)O[C@@H](COC(=O)CCCCCCCCCC(C)C)COC(=O)CCCCCCCCC(C)CC. The van der Waals surface area contributed by atoms with Crippen LogP contribution in [0.4, 0.5) is 0 Å². The van der Waals surface area contributed by atoms with Gasteiger partial charge in [0.2, 0.25) is 0 Å². The van der Waals surface area contributed by atoms with Crippen molar-refractivity contribution in [2.45, 2.75) is 259 Å². The molecule has 0 rings (SSSR count). The van der Waals surface area contributed by atoms with Gasteiger partial charge >= 0.3 is 17.9 Å². The van der Waals surface area contributed by atoms with Gasteiger partial charge in [0.15, 0.2) is 6.10 Å². The molecule has 0 aromatic rings. The number of esters is 3. The standard InChI is InChI=1S/C47H90O6/c1-6-8-9-10-11-12-13-14-15-16-17-18-21-29-34-39-47(50)53-44(40-51-45(48)37-32-27-22-19-20-25-30-35-42(3)4)41-52-46(49)38-33-28-24-23-26-31-36-43(5)7-2/h42-44H,6-41H2,1-5H3/t43?,44-/m0/s1. The third-order valence-electron chi connectivity index (χ3n) is 10.8. The summed E-state index contributed by atoms with van der Waals surface area (Å²) < 4.78 is 16.7. The molecule has 0 radical (unpaired) electrons. The highest BCUT2D eigenvalue weighted by atomic mass is 16.6. The first-order chi connectivity index (χ1) is 25.8. The van der Waals surface area contributed by atoms with Crippen molar-refractivity contribution in [2.75, 3.05) is 13.2 Å². The van der Waals surface area contributed by atoms with E-state index < -0.39 is 6.10 Å². The van der Waals surface area contributed by atoms with Crippen LogP contribution in [0.15, 0.2) is 0 Å². The number of hydrogen-bond donors (Lipinski definition) is 0. The second-order valence-corrected chi connectivity index (χ2v) is 16.8. The van der Waals surface area contributed by atoms with E-state index in [4.69, 9.17) is 14.2 Å². The summed E-state index contributed by atoms with van der Waals surface area (Å²) in [6.07, 6.45) is 38.1. The molecule has 314 valence electrons. The van der Waals surface area contributed by atoms with Crippen molar-refractivity contribution < 1.29 is 28.6 Å². The third kappa shape index (κ3) is 39.9. The average Bonchev–Trinajstić information content (AvgIpc) is 3.14. The Morgan fingerprint density at radius 1 is 0.396 bits per heavy atom. The Bertz CT molecular complexity index is 811. The summed E-state index contributed by atoms with van der Waals surface area (Å²) in [7, 11) is 0. The maximum atomic E-state index is 12.7. The summed E-state index contributed by atoms with van der Waals surface area (Å²) in [5.41, 5.74) is 0. The third-order valence-corrected chi connectivity index (χ3v) is 10.8. The topological polar surface area (TPSA) is 78.9 Å². The molecule has 1 unspecified atom stereocenters. The van der Waals surface area contributed by atoms with Crippen molar-refractivity contribution in [1.29, 1.82) is 0 Å². The minimum absolute atomic E-state index is 0.0663. The van der Waals surface area contributed by atoms with Gasteiger partial charge in [-0.05, 0) is 31.1 Å². The summed E-state index contributed by atoms with van der Waals surface area (Å²) in [6.45, 7) is 11.3. The molecule has 0 amide bonds. The smallest absolute Gasteiger partial charge is 0.306 e. The van der Waals surface area contributed by atoms with Crippen LogP contribution in [0.1, 0.15) is 253 Å². The van der Waals surface area contributed by atoms with Gasteiger partial charge in [-0.25, -0.2) is 0 Å². The Labute approximate surface area is 329 Å². The Kier molecular flexibility index (Phi) is 38.9. The Hall–Kier alpha value is -1.59. The summed E-state index contributed by atoms with van der Waals surface area (Å²) in [6, 6.07) is 0. The molecule has 0 aliphatic rings. The van der Waals surface area contributed by atoms with Gasteiger partial charge in [-0.1, -0.05) is 214 Å². The lowest BCUT2D eigenvalue weighted by molar-refractivity contribution is -0.167. The monoisotopic (exact) mass is 751 g/mol. The first-order valence-corrected chi connectivity index (χ1v) is 23.3. The van der Waals surface area contributed by atoms with E-state index in [1.54, 1.807) is 0 Å². The maximum Gasteiger partial charge on any atom is 0.306 e. The summed E-state index contributed by atoms with van der Waals surface area (Å²) >= 11 is 0. The van der Waals surface area contributed by atoms with Gasteiger partial charge in [0, 0.05) is 19.3 Å². The highest BCUT2D eigenvalue weighted by molar-refractivity contribution is 5.71. The number of unbranched alkanes of at least 4 members (excludes halogenated alkanes) is 25. The van der Waals surface area contributed by atoms with Gasteiger partial charge in [-0.2, -0.15) is 0 Å². The van der Waals surface area contributed by atoms with Crippen LogP contribution in [0.3, 0.4) is 0 Å². The molecule has 6 nitrogen and oxygen atoms in total. The highest BCUT2D eigenvalue weighted by Gasteiger charge is 2.19. The van der Waals surface area contributed by atoms with Crippen LogP contribution in [0.2, 0.25) is 0 Å². The van der Waals surface area contributed by atoms with Crippen molar-refractivity contribution in [3.8, 4) is 0 Å². The van der Waals surface area contributed by atoms with Crippen LogP contribution in [-0.4, -0.2) is 37.2 Å². The zero-order chi connectivity index (χ0) is 39.0. The van der Waals surface area contributed by atoms with E-state index in [1.165, 1.54) is 141 Å². The zero-order valence-electron chi connectivity index (χ0n) is 36.1. The fourth-order valence-electron chi connectivity index (χ4n) is 6.90. The normalized spacial score (nSPS) is 12.6. The van der Waals surface area contributed by atoms with E-state index in [0.29, 0.717) is 19.3 Å². The van der Waals surface area contributed by atoms with Crippen LogP contribution in [-0.2, 0) is 28.6 Å². The first kappa shape index (κ1) is 51.4. The fraction of sp³-hybridized carbons (Fsp3) is 0.936. The number of carbonyl (C=O) groups is 3. The number of ether oxygens (including phenoxy) is 3. The zero-order valence-corrected chi connectivity index (χ0v) is 36.1. The van der Waals surface area contributed by atoms with Gasteiger partial charge in [0.1, 0.15) is 13.2 Å². The molecular weight excluding hydrogens is 661 g/mol. The molecule has 0 saturated carbocycles. The van der Waals surface area contributed by atoms with Crippen LogP contribution in [0.25, 0.3) is 0 Å². The van der Waals surface area contributed by atoms with Gasteiger partial charge in [-0.15, -0.1) is 0 Å². The van der Waals surface area contributed by atoms with Gasteiger partial charge in [0.05, 0.1) is 0 Å². The van der Waals surface area contributed by atoms with E-state index in [1.807, 2.05) is 0 Å². The van der Waals surface area contributed by atoms with Crippen molar-refractivity contribution in [3.63, 3.8) is 0 Å². The maximum absolute atomic E-state index is 12.7. The molecule has 2 atom stereocenters. The van der Waals surface area contributed by atoms with Crippen molar-refractivity contribution >= 4 is 17.9 Å². The molecular formula is C47H90O6. The van der Waals surface area contributed by atoms with Crippen LogP contribution < -0.4 is 0 Å². The van der Waals surface area contributed by atoms with Crippen molar-refractivity contribution in [3.05, 3.63) is 0 Å². The molecule has 0 bridgehead atoms. The summed E-state index contributed by atoms with van der Waals surface area (Å²) in [5.74, 6) is 0.734. The Morgan fingerprint density at radius 2 is 0.717 bits per heavy atom. The lowest BCUT2D eigenvalue weighted by atomic mass is 10.00. The molecule has 0 spiro atoms. The number of carbonyl (C=O) groups excluding carboxylic acids is 3. The van der Waals surface area contributed by atoms with Crippen molar-refractivity contribution in [1.82, 2.24) is 0 Å². The number of hydrogen-bond acceptors (Lipinski definition) is 6.